The van der Waals surface area contributed by atoms with E-state index in [2.05, 4.69) is 41.2 Å². The lowest BCUT2D eigenvalue weighted by molar-refractivity contribution is 0.475. The van der Waals surface area contributed by atoms with Gasteiger partial charge in [0.15, 0.2) is 11.6 Å². The number of hydrogen-bond acceptors (Lipinski definition) is 6. The van der Waals surface area contributed by atoms with Crippen molar-refractivity contribution in [3.63, 3.8) is 0 Å². The number of fused-ring (bicyclic) bond motifs is 1. The summed E-state index contributed by atoms with van der Waals surface area (Å²) in [5.74, 6) is 1.50. The zero-order valence-corrected chi connectivity index (χ0v) is 18.4. The molecule has 4 aromatic rings. The van der Waals surface area contributed by atoms with Crippen molar-refractivity contribution in [2.45, 2.75) is 32.6 Å². The highest BCUT2D eigenvalue weighted by Crippen LogP contribution is 2.29. The van der Waals surface area contributed by atoms with Crippen LogP contribution in [0, 0.1) is 13.8 Å². The van der Waals surface area contributed by atoms with Crippen molar-refractivity contribution >= 4 is 40.3 Å². The summed E-state index contributed by atoms with van der Waals surface area (Å²) in [4.78, 5) is 10.6. The molecule has 1 aromatic heterocycles. The Balaban J connectivity index is 0.00000124. The fourth-order valence-electron chi connectivity index (χ4n) is 2.72. The summed E-state index contributed by atoms with van der Waals surface area (Å²) >= 11 is 1.49. The van der Waals surface area contributed by atoms with Gasteiger partial charge in [-0.1, -0.05) is 37.6 Å². The van der Waals surface area contributed by atoms with Gasteiger partial charge in [0.2, 0.25) is 0 Å². The Morgan fingerprint density at radius 1 is 0.733 bits per heavy atom. The van der Waals surface area contributed by atoms with Crippen LogP contribution in [0.15, 0.2) is 71.6 Å². The molecule has 3 aromatic carbocycles. The smallest absolute Gasteiger partial charge is 0.180 e. The Bertz CT molecular complexity index is 1110. The second-order valence-corrected chi connectivity index (χ2v) is 7.48. The summed E-state index contributed by atoms with van der Waals surface area (Å²) in [5.41, 5.74) is 4.83. The van der Waals surface area contributed by atoms with Crippen molar-refractivity contribution in [1.29, 1.82) is 0 Å². The average Bonchev–Trinajstić information content (AvgIpc) is 2.76. The summed E-state index contributed by atoms with van der Waals surface area (Å²) < 4.78 is 3.32. The van der Waals surface area contributed by atoms with Gasteiger partial charge in [-0.05, 0) is 79.9 Å². The van der Waals surface area contributed by atoms with E-state index in [4.69, 9.17) is 9.97 Å². The Hall–Kier alpha value is -3.25. The highest BCUT2D eigenvalue weighted by Gasteiger charge is 2.10. The van der Waals surface area contributed by atoms with E-state index in [0.29, 0.717) is 11.6 Å². The zero-order valence-electron chi connectivity index (χ0n) is 17.6. The molecule has 0 radical (unpaired) electrons. The van der Waals surface area contributed by atoms with E-state index in [0.717, 1.165) is 27.2 Å². The normalized spacial score (nSPS) is 10.3. The van der Waals surface area contributed by atoms with E-state index in [1.165, 1.54) is 17.5 Å². The van der Waals surface area contributed by atoms with Crippen LogP contribution in [0.4, 0.5) is 17.3 Å². The molecular weight excluding hydrogens is 392 g/mol. The SMILES string of the molecule is CC.Cc1ccc(SNc2nc3ccc(C)cc3nc2Nc2ccc(O)cc2)cc1. The summed E-state index contributed by atoms with van der Waals surface area (Å²) in [6.45, 7) is 8.10. The number of phenolic OH excluding ortho intramolecular Hbond substituents is 1. The lowest BCUT2D eigenvalue weighted by Gasteiger charge is -2.13. The maximum Gasteiger partial charge on any atom is 0.180 e. The standard InChI is InChI=1S/C22H20N4OS.C2H6/c1-14-3-10-18(11-4-14)28-26-22-21(23-16-6-8-17(27)9-7-16)25-20-13-15(2)5-12-19(20)24-22;1-2/h3-13,27H,1-2H3,(H,23,25)(H,24,26);1-2H3. The Morgan fingerprint density at radius 2 is 1.37 bits per heavy atom. The minimum Gasteiger partial charge on any atom is -0.508 e. The van der Waals surface area contributed by atoms with Gasteiger partial charge in [-0.2, -0.15) is 0 Å². The van der Waals surface area contributed by atoms with Crippen LogP contribution in [0.25, 0.3) is 11.0 Å². The van der Waals surface area contributed by atoms with Crippen LogP contribution in [0.2, 0.25) is 0 Å². The van der Waals surface area contributed by atoms with E-state index >= 15 is 0 Å². The van der Waals surface area contributed by atoms with Crippen molar-refractivity contribution < 1.29 is 5.11 Å². The predicted molar refractivity (Wildman–Crippen MR) is 128 cm³/mol. The largest absolute Gasteiger partial charge is 0.508 e. The maximum absolute atomic E-state index is 9.51. The van der Waals surface area contributed by atoms with Gasteiger partial charge in [0.25, 0.3) is 0 Å². The van der Waals surface area contributed by atoms with Crippen molar-refractivity contribution in [3.05, 3.63) is 77.9 Å². The number of phenols is 1. The van der Waals surface area contributed by atoms with Gasteiger partial charge in [-0.25, -0.2) is 9.97 Å². The molecule has 3 N–H and O–H groups in total. The van der Waals surface area contributed by atoms with Crippen molar-refractivity contribution in [3.8, 4) is 5.75 Å². The molecule has 0 saturated heterocycles. The van der Waals surface area contributed by atoms with Gasteiger partial charge in [-0.3, -0.25) is 0 Å². The van der Waals surface area contributed by atoms with Crippen molar-refractivity contribution in [2.75, 3.05) is 10.0 Å². The Labute approximate surface area is 181 Å². The van der Waals surface area contributed by atoms with Gasteiger partial charge in [0.05, 0.1) is 11.0 Å². The first-order chi connectivity index (χ1) is 14.6. The summed E-state index contributed by atoms with van der Waals surface area (Å²) in [5, 5.41) is 12.8. The van der Waals surface area contributed by atoms with E-state index in [1.54, 1.807) is 24.3 Å². The second kappa shape index (κ2) is 9.98. The van der Waals surface area contributed by atoms with E-state index in [9.17, 15) is 5.11 Å². The van der Waals surface area contributed by atoms with Crippen LogP contribution in [-0.4, -0.2) is 15.1 Å². The van der Waals surface area contributed by atoms with Crippen LogP contribution >= 0.6 is 11.9 Å². The van der Waals surface area contributed by atoms with E-state index in [-0.39, 0.29) is 5.75 Å². The van der Waals surface area contributed by atoms with Gasteiger partial charge < -0.3 is 15.1 Å². The monoisotopic (exact) mass is 418 g/mol. The molecule has 6 heteroatoms. The van der Waals surface area contributed by atoms with Gasteiger partial charge in [-0.15, -0.1) is 0 Å². The predicted octanol–water partition coefficient (Wildman–Crippen LogP) is 6.84. The molecule has 4 rings (SSSR count). The molecule has 0 aliphatic rings. The molecule has 1 heterocycles. The first-order valence-electron chi connectivity index (χ1n) is 9.91. The molecule has 0 unspecified atom stereocenters. The number of aromatic hydroxyl groups is 1. The first-order valence-corrected chi connectivity index (χ1v) is 10.7. The molecule has 0 fully saturated rings. The molecule has 0 aliphatic heterocycles. The van der Waals surface area contributed by atoms with Gasteiger partial charge in [0, 0.05) is 10.6 Å². The highest BCUT2D eigenvalue weighted by atomic mass is 32.2. The number of hydrogen-bond donors (Lipinski definition) is 3. The molecule has 30 heavy (non-hydrogen) atoms. The maximum atomic E-state index is 9.51. The van der Waals surface area contributed by atoms with Crippen molar-refractivity contribution in [2.24, 2.45) is 0 Å². The minimum atomic E-state index is 0.221. The van der Waals surface area contributed by atoms with Crippen LogP contribution in [0.3, 0.4) is 0 Å². The zero-order chi connectivity index (χ0) is 21.5. The Morgan fingerprint density at radius 3 is 2.07 bits per heavy atom. The fraction of sp³-hybridized carbons (Fsp3) is 0.167. The molecule has 0 bridgehead atoms. The lowest BCUT2D eigenvalue weighted by Crippen LogP contribution is -2.02. The molecule has 0 saturated carbocycles. The Kier molecular flexibility index (Phi) is 7.14. The number of aryl methyl sites for hydroxylation is 2. The third kappa shape index (κ3) is 5.42. The average molecular weight is 419 g/mol. The van der Waals surface area contributed by atoms with E-state index < -0.39 is 0 Å². The molecule has 154 valence electrons. The quantitative estimate of drug-likeness (QED) is 0.243. The summed E-state index contributed by atoms with van der Waals surface area (Å²) in [7, 11) is 0. The number of nitrogens with one attached hydrogen (secondary N) is 2. The topological polar surface area (TPSA) is 70.1 Å². The van der Waals surface area contributed by atoms with Crippen LogP contribution in [-0.2, 0) is 0 Å². The number of anilines is 3. The van der Waals surface area contributed by atoms with E-state index in [1.807, 2.05) is 39.0 Å². The number of nitrogens with zero attached hydrogens (tertiary/aromatic N) is 2. The second-order valence-electron chi connectivity index (χ2n) is 6.60. The molecule has 0 aliphatic carbocycles. The van der Waals surface area contributed by atoms with Crippen LogP contribution < -0.4 is 10.0 Å². The summed E-state index contributed by atoms with van der Waals surface area (Å²) in [6, 6.07) is 21.2. The minimum absolute atomic E-state index is 0.221. The van der Waals surface area contributed by atoms with Crippen molar-refractivity contribution in [1.82, 2.24) is 9.97 Å². The van der Waals surface area contributed by atoms with Crippen LogP contribution in [0.1, 0.15) is 25.0 Å². The molecule has 5 nitrogen and oxygen atoms in total. The number of aromatic nitrogens is 2. The number of rotatable bonds is 5. The third-order valence-electron chi connectivity index (χ3n) is 4.24. The summed E-state index contributed by atoms with van der Waals surface area (Å²) in [6.07, 6.45) is 0. The molecular formula is C24H26N4OS. The lowest BCUT2D eigenvalue weighted by atomic mass is 10.2. The third-order valence-corrected chi connectivity index (χ3v) is 5.04. The highest BCUT2D eigenvalue weighted by molar-refractivity contribution is 8.00. The molecule has 0 atom stereocenters. The fourth-order valence-corrected chi connectivity index (χ4v) is 3.35. The molecule has 0 spiro atoms. The van der Waals surface area contributed by atoms with Crippen LogP contribution in [0.5, 0.6) is 5.75 Å². The molecule has 0 amide bonds. The van der Waals surface area contributed by atoms with Gasteiger partial charge >= 0.3 is 0 Å². The number of benzene rings is 3. The van der Waals surface area contributed by atoms with Gasteiger partial charge in [0.1, 0.15) is 5.75 Å². The first kappa shape index (κ1) is 21.5.